The molecule has 0 unspecified atom stereocenters. The molecule has 0 atom stereocenters. The van der Waals surface area contributed by atoms with Gasteiger partial charge < -0.3 is 10.0 Å². The molecule has 152 valence electrons. The van der Waals surface area contributed by atoms with Crippen LogP contribution in [0.25, 0.3) is 11.1 Å². The number of anilines is 3. The Hall–Kier alpha value is -3.85. The molecule has 0 fully saturated rings. The van der Waals surface area contributed by atoms with Crippen LogP contribution in [0.4, 0.5) is 17.1 Å². The van der Waals surface area contributed by atoms with Gasteiger partial charge >= 0.3 is 5.97 Å². The molecule has 3 nitrogen and oxygen atoms in total. The van der Waals surface area contributed by atoms with Gasteiger partial charge in [0.25, 0.3) is 0 Å². The van der Waals surface area contributed by atoms with Crippen LogP contribution in [0.1, 0.15) is 35.3 Å². The minimum Gasteiger partial charge on any atom is -0.478 e. The average Bonchev–Trinajstić information content (AvgIpc) is 3.02. The molecule has 1 aliphatic carbocycles. The van der Waals surface area contributed by atoms with E-state index in [9.17, 15) is 9.90 Å². The molecule has 0 amide bonds. The normalized spacial score (nSPS) is 13.4. The van der Waals surface area contributed by atoms with Crippen molar-refractivity contribution in [1.29, 1.82) is 0 Å². The van der Waals surface area contributed by atoms with E-state index in [0.717, 1.165) is 17.1 Å². The minimum atomic E-state index is -0.922. The largest absolute Gasteiger partial charge is 0.478 e. The molecule has 0 radical (unpaired) electrons. The van der Waals surface area contributed by atoms with Gasteiger partial charge in [-0.3, -0.25) is 0 Å². The molecule has 0 aliphatic heterocycles. The van der Waals surface area contributed by atoms with Gasteiger partial charge in [0.05, 0.1) is 5.56 Å². The fourth-order valence-corrected chi connectivity index (χ4v) is 4.62. The van der Waals surface area contributed by atoms with E-state index < -0.39 is 5.97 Å². The molecule has 31 heavy (non-hydrogen) atoms. The third-order valence-corrected chi connectivity index (χ3v) is 6.21. The molecular weight excluding hydrogens is 382 g/mol. The summed E-state index contributed by atoms with van der Waals surface area (Å²) in [7, 11) is 0. The first-order chi connectivity index (χ1) is 15.0. The number of carbonyl (C=O) groups is 1. The molecule has 3 heteroatoms. The molecule has 0 saturated heterocycles. The number of hydrogen-bond donors (Lipinski definition) is 1. The highest BCUT2D eigenvalue weighted by molar-refractivity contribution is 5.90. The lowest BCUT2D eigenvalue weighted by Crippen LogP contribution is -2.15. The maximum absolute atomic E-state index is 11.3. The Bertz CT molecular complexity index is 1270. The van der Waals surface area contributed by atoms with Crippen molar-refractivity contribution < 1.29 is 9.90 Å². The summed E-state index contributed by atoms with van der Waals surface area (Å²) in [5, 5.41) is 9.28. The van der Waals surface area contributed by atoms with E-state index in [1.807, 2.05) is 30.3 Å². The summed E-state index contributed by atoms with van der Waals surface area (Å²) in [4.78, 5) is 13.5. The topological polar surface area (TPSA) is 40.5 Å². The second-order valence-corrected chi connectivity index (χ2v) is 8.42. The summed E-state index contributed by atoms with van der Waals surface area (Å²) in [6.45, 7) is 4.55. The summed E-state index contributed by atoms with van der Waals surface area (Å²) in [6.07, 6.45) is 0. The zero-order valence-electron chi connectivity index (χ0n) is 17.5. The first-order valence-electron chi connectivity index (χ1n) is 10.4. The summed E-state index contributed by atoms with van der Waals surface area (Å²) in [6, 6.07) is 32.4. The van der Waals surface area contributed by atoms with Crippen LogP contribution < -0.4 is 4.90 Å². The SMILES string of the molecule is CC1(C)c2ccccc2-c2cc(N(c3ccccc3)c3ccc(C(=O)O)cc3)ccc21. The van der Waals surface area contributed by atoms with Crippen LogP contribution in [0, 0.1) is 0 Å². The second kappa shape index (κ2) is 7.13. The Morgan fingerprint density at radius 2 is 1.26 bits per heavy atom. The molecule has 0 heterocycles. The highest BCUT2D eigenvalue weighted by atomic mass is 16.4. The predicted octanol–water partition coefficient (Wildman–Crippen LogP) is 7.16. The molecule has 0 aromatic heterocycles. The third kappa shape index (κ3) is 3.10. The molecule has 1 N–H and O–H groups in total. The van der Waals surface area contributed by atoms with Gasteiger partial charge in [0.2, 0.25) is 0 Å². The lowest BCUT2D eigenvalue weighted by atomic mass is 9.82. The Morgan fingerprint density at radius 3 is 1.97 bits per heavy atom. The summed E-state index contributed by atoms with van der Waals surface area (Å²) < 4.78 is 0. The number of nitrogens with zero attached hydrogens (tertiary/aromatic N) is 1. The van der Waals surface area contributed by atoms with Gasteiger partial charge in [-0.15, -0.1) is 0 Å². The Balaban J connectivity index is 1.68. The van der Waals surface area contributed by atoms with Crippen LogP contribution in [0.5, 0.6) is 0 Å². The number of hydrogen-bond acceptors (Lipinski definition) is 2. The van der Waals surface area contributed by atoms with Crippen molar-refractivity contribution in [2.45, 2.75) is 19.3 Å². The predicted molar refractivity (Wildman–Crippen MR) is 126 cm³/mol. The number of rotatable bonds is 4. The van der Waals surface area contributed by atoms with E-state index in [0.29, 0.717) is 0 Å². The monoisotopic (exact) mass is 405 g/mol. The van der Waals surface area contributed by atoms with Crippen molar-refractivity contribution in [2.75, 3.05) is 4.90 Å². The number of carboxylic acids is 1. The number of para-hydroxylation sites is 1. The number of fused-ring (bicyclic) bond motifs is 3. The molecule has 5 rings (SSSR count). The van der Waals surface area contributed by atoms with Crippen molar-refractivity contribution >= 4 is 23.0 Å². The van der Waals surface area contributed by atoms with E-state index in [-0.39, 0.29) is 11.0 Å². The van der Waals surface area contributed by atoms with Crippen LogP contribution in [0.3, 0.4) is 0 Å². The van der Waals surface area contributed by atoms with Crippen LogP contribution >= 0.6 is 0 Å². The lowest BCUT2D eigenvalue weighted by molar-refractivity contribution is 0.0697. The third-order valence-electron chi connectivity index (χ3n) is 6.21. The van der Waals surface area contributed by atoms with Gasteiger partial charge in [0, 0.05) is 22.5 Å². The van der Waals surface area contributed by atoms with E-state index in [1.165, 1.54) is 22.3 Å². The summed E-state index contributed by atoms with van der Waals surface area (Å²) >= 11 is 0. The first kappa shape index (κ1) is 19.1. The fraction of sp³-hybridized carbons (Fsp3) is 0.107. The Labute approximate surface area is 182 Å². The number of benzene rings is 4. The van der Waals surface area contributed by atoms with Crippen molar-refractivity contribution in [3.63, 3.8) is 0 Å². The first-order valence-corrected chi connectivity index (χ1v) is 10.4. The van der Waals surface area contributed by atoms with Gasteiger partial charge in [0.15, 0.2) is 0 Å². The van der Waals surface area contributed by atoms with Crippen molar-refractivity contribution in [1.82, 2.24) is 0 Å². The van der Waals surface area contributed by atoms with Crippen LogP contribution in [-0.4, -0.2) is 11.1 Å². The quantitative estimate of drug-likeness (QED) is 0.391. The smallest absolute Gasteiger partial charge is 0.335 e. The highest BCUT2D eigenvalue weighted by Gasteiger charge is 2.35. The highest BCUT2D eigenvalue weighted by Crippen LogP contribution is 2.50. The lowest BCUT2D eigenvalue weighted by Gasteiger charge is -2.27. The maximum atomic E-state index is 11.3. The van der Waals surface area contributed by atoms with Gasteiger partial charge in [0.1, 0.15) is 0 Å². The van der Waals surface area contributed by atoms with Gasteiger partial charge in [-0.25, -0.2) is 4.79 Å². The summed E-state index contributed by atoms with van der Waals surface area (Å²) in [5.74, 6) is -0.922. The van der Waals surface area contributed by atoms with E-state index in [1.54, 1.807) is 12.1 Å². The Morgan fingerprint density at radius 1 is 0.677 bits per heavy atom. The van der Waals surface area contributed by atoms with Crippen LogP contribution in [0.15, 0.2) is 97.1 Å². The van der Waals surface area contributed by atoms with E-state index in [2.05, 4.69) is 73.3 Å². The van der Waals surface area contributed by atoms with Gasteiger partial charge in [-0.2, -0.15) is 0 Å². The summed E-state index contributed by atoms with van der Waals surface area (Å²) in [5.41, 5.74) is 8.43. The van der Waals surface area contributed by atoms with Crippen molar-refractivity contribution in [3.05, 3.63) is 114 Å². The average molecular weight is 405 g/mol. The van der Waals surface area contributed by atoms with Gasteiger partial charge in [-0.1, -0.05) is 62.4 Å². The second-order valence-electron chi connectivity index (χ2n) is 8.42. The zero-order valence-corrected chi connectivity index (χ0v) is 17.5. The molecule has 4 aromatic carbocycles. The minimum absolute atomic E-state index is 0.0365. The molecule has 4 aromatic rings. The fourth-order valence-electron chi connectivity index (χ4n) is 4.62. The van der Waals surface area contributed by atoms with Crippen molar-refractivity contribution in [2.24, 2.45) is 0 Å². The zero-order chi connectivity index (χ0) is 21.6. The number of carboxylic acid groups (broad SMARTS) is 1. The molecule has 0 saturated carbocycles. The molecule has 0 spiro atoms. The standard InChI is InChI=1S/C28H23NO2/c1-28(2)25-11-7-6-10-23(25)24-18-22(16-17-26(24)28)29(20-8-4-3-5-9-20)21-14-12-19(13-15-21)27(30)31/h3-18H,1-2H3,(H,30,31). The van der Waals surface area contributed by atoms with Crippen LogP contribution in [-0.2, 0) is 5.41 Å². The maximum Gasteiger partial charge on any atom is 0.335 e. The molecule has 1 aliphatic rings. The Kier molecular flexibility index (Phi) is 4.40. The molecule has 0 bridgehead atoms. The van der Waals surface area contributed by atoms with Crippen molar-refractivity contribution in [3.8, 4) is 11.1 Å². The van der Waals surface area contributed by atoms with Crippen LogP contribution in [0.2, 0.25) is 0 Å². The number of aromatic carboxylic acids is 1. The van der Waals surface area contributed by atoms with E-state index >= 15 is 0 Å². The molecular formula is C28H23NO2. The van der Waals surface area contributed by atoms with E-state index in [4.69, 9.17) is 0 Å². The van der Waals surface area contributed by atoms with Gasteiger partial charge in [-0.05, 0) is 70.8 Å².